The molecule has 0 aromatic carbocycles. The smallest absolute Gasteiger partial charge is 0.331 e. The maximum Gasteiger partial charge on any atom is 0.331 e. The van der Waals surface area contributed by atoms with Gasteiger partial charge >= 0.3 is 17.9 Å². The zero-order valence-corrected chi connectivity index (χ0v) is 19.8. The molecule has 0 bridgehead atoms. The fourth-order valence-corrected chi connectivity index (χ4v) is 7.54. The lowest BCUT2D eigenvalue weighted by Crippen LogP contribution is -2.62. The first-order valence-corrected chi connectivity index (χ1v) is 11.4. The van der Waals surface area contributed by atoms with Crippen molar-refractivity contribution < 1.29 is 33.4 Å². The molecule has 4 rings (SSSR count). The van der Waals surface area contributed by atoms with Crippen molar-refractivity contribution in [3.63, 3.8) is 0 Å². The number of Topliss-reactive ketones (excluding diaryl/α,β-unsaturated/α-hetero) is 1. The lowest BCUT2D eigenvalue weighted by Gasteiger charge is -2.57. The highest BCUT2D eigenvalue weighted by Crippen LogP contribution is 2.67. The third-order valence-electron chi connectivity index (χ3n) is 8.43. The Morgan fingerprint density at radius 2 is 1.81 bits per heavy atom. The van der Waals surface area contributed by atoms with Gasteiger partial charge in [0.2, 0.25) is 5.60 Å². The number of esters is 3. The van der Waals surface area contributed by atoms with E-state index in [1.807, 2.05) is 13.0 Å². The van der Waals surface area contributed by atoms with Crippen LogP contribution in [0.3, 0.4) is 0 Å². The minimum Gasteiger partial charge on any atom is -0.462 e. The molecule has 7 nitrogen and oxygen atoms in total. The maximum absolute atomic E-state index is 13.1. The quantitative estimate of drug-likeness (QED) is 0.466. The second-order valence-corrected chi connectivity index (χ2v) is 10.5. The summed E-state index contributed by atoms with van der Waals surface area (Å²) < 4.78 is 16.8. The van der Waals surface area contributed by atoms with Gasteiger partial charge in [0.1, 0.15) is 12.7 Å². The van der Waals surface area contributed by atoms with Crippen LogP contribution in [-0.2, 0) is 33.4 Å². The van der Waals surface area contributed by atoms with Crippen molar-refractivity contribution in [2.75, 3.05) is 6.61 Å². The van der Waals surface area contributed by atoms with Gasteiger partial charge in [-0.05, 0) is 49.5 Å². The molecule has 174 valence electrons. The summed E-state index contributed by atoms with van der Waals surface area (Å²) in [7, 11) is 0. The van der Waals surface area contributed by atoms with Gasteiger partial charge in [-0.3, -0.25) is 14.4 Å². The molecule has 0 aromatic rings. The topological polar surface area (TPSA) is 96.0 Å². The third-order valence-corrected chi connectivity index (χ3v) is 8.76. The van der Waals surface area contributed by atoms with E-state index >= 15 is 0 Å². The van der Waals surface area contributed by atoms with Crippen LogP contribution in [0.1, 0.15) is 53.9 Å². The molecular formula is C24H29ClO7. The van der Waals surface area contributed by atoms with Crippen LogP contribution in [0.15, 0.2) is 22.8 Å². The van der Waals surface area contributed by atoms with Crippen LogP contribution < -0.4 is 0 Å². The summed E-state index contributed by atoms with van der Waals surface area (Å²) >= 11 is 6.69. The largest absolute Gasteiger partial charge is 0.462 e. The molecule has 0 aromatic heterocycles. The van der Waals surface area contributed by atoms with Gasteiger partial charge < -0.3 is 14.2 Å². The second-order valence-electron chi connectivity index (χ2n) is 10.1. The fourth-order valence-electron chi connectivity index (χ4n) is 7.13. The molecule has 2 saturated carbocycles. The summed E-state index contributed by atoms with van der Waals surface area (Å²) in [6.07, 6.45) is 4.24. The molecular weight excluding hydrogens is 436 g/mol. The molecule has 2 fully saturated rings. The molecule has 1 heterocycles. The Balaban J connectivity index is 1.85. The van der Waals surface area contributed by atoms with Crippen LogP contribution in [-0.4, -0.2) is 42.0 Å². The molecule has 0 amide bonds. The molecule has 32 heavy (non-hydrogen) atoms. The number of halogens is 1. The summed E-state index contributed by atoms with van der Waals surface area (Å²) in [5, 5.41) is 0.506. The second kappa shape index (κ2) is 7.44. The number of allylic oxidation sites excluding steroid dienone is 2. The Labute approximate surface area is 192 Å². The van der Waals surface area contributed by atoms with Crippen LogP contribution in [0.2, 0.25) is 0 Å². The van der Waals surface area contributed by atoms with E-state index in [0.717, 1.165) is 5.57 Å². The van der Waals surface area contributed by atoms with Gasteiger partial charge in [0, 0.05) is 35.8 Å². The molecule has 4 aliphatic rings. The first-order valence-electron chi connectivity index (χ1n) is 11.0. The number of carbonyl (C=O) groups is 4. The van der Waals surface area contributed by atoms with Gasteiger partial charge in [0.15, 0.2) is 5.78 Å². The lowest BCUT2D eigenvalue weighted by molar-refractivity contribution is -0.204. The molecule has 3 aliphatic carbocycles. The molecule has 1 unspecified atom stereocenters. The standard InChI is InChI=1S/C24H29ClO7/c1-12(26)24(32-14(3)28)20(31-13(2)27)9-17-15-8-19(25)18-10-21(29)30-11-22(18,4)16(15)6-7-23(17,24)5/h8,10,15-17,20H,6-7,9,11H2,1-5H3/t15-,16+,17+,20?,22-,23+,24-/m1/s1. The summed E-state index contributed by atoms with van der Waals surface area (Å²) in [6, 6.07) is 0. The van der Waals surface area contributed by atoms with Gasteiger partial charge in [-0.15, -0.1) is 0 Å². The summed E-state index contributed by atoms with van der Waals surface area (Å²) in [5.41, 5.74) is -1.97. The zero-order chi connectivity index (χ0) is 23.6. The van der Waals surface area contributed by atoms with Crippen molar-refractivity contribution in [1.29, 1.82) is 0 Å². The van der Waals surface area contributed by atoms with Crippen molar-refractivity contribution >= 4 is 35.3 Å². The normalized spacial score (nSPS) is 42.4. The third kappa shape index (κ3) is 3.00. The molecule has 0 spiro atoms. The highest BCUT2D eigenvalue weighted by atomic mass is 35.5. The van der Waals surface area contributed by atoms with Crippen molar-refractivity contribution in [3.05, 3.63) is 22.8 Å². The van der Waals surface area contributed by atoms with E-state index < -0.39 is 40.4 Å². The molecule has 8 heteroatoms. The molecule has 0 radical (unpaired) electrons. The van der Waals surface area contributed by atoms with Crippen LogP contribution in [0, 0.1) is 28.6 Å². The number of hydrogen-bond acceptors (Lipinski definition) is 7. The maximum atomic E-state index is 13.1. The number of fused-ring (bicyclic) bond motifs is 5. The highest BCUT2D eigenvalue weighted by Gasteiger charge is 2.73. The molecule has 0 saturated heterocycles. The van der Waals surface area contributed by atoms with Gasteiger partial charge in [-0.25, -0.2) is 4.79 Å². The number of hydrogen-bond donors (Lipinski definition) is 0. The number of cyclic esters (lactones) is 1. The average molecular weight is 465 g/mol. The number of carbonyl (C=O) groups excluding carboxylic acids is 4. The van der Waals surface area contributed by atoms with E-state index in [0.29, 0.717) is 24.3 Å². The summed E-state index contributed by atoms with van der Waals surface area (Å²) in [4.78, 5) is 49.1. The Morgan fingerprint density at radius 3 is 2.41 bits per heavy atom. The van der Waals surface area contributed by atoms with Crippen LogP contribution in [0.5, 0.6) is 0 Å². The van der Waals surface area contributed by atoms with Gasteiger partial charge in [-0.2, -0.15) is 0 Å². The Morgan fingerprint density at radius 1 is 1.12 bits per heavy atom. The minimum absolute atomic E-state index is 0.0601. The van der Waals surface area contributed by atoms with E-state index in [1.165, 1.54) is 26.8 Å². The van der Waals surface area contributed by atoms with E-state index in [2.05, 4.69) is 6.92 Å². The molecule has 7 atom stereocenters. The first kappa shape index (κ1) is 23.0. The van der Waals surface area contributed by atoms with E-state index in [9.17, 15) is 19.2 Å². The first-order chi connectivity index (χ1) is 14.9. The van der Waals surface area contributed by atoms with Crippen LogP contribution >= 0.6 is 11.6 Å². The van der Waals surface area contributed by atoms with Crippen LogP contribution in [0.25, 0.3) is 0 Å². The average Bonchev–Trinajstić information content (AvgIpc) is 2.92. The Hall–Kier alpha value is -2.15. The number of ether oxygens (including phenoxy) is 3. The van der Waals surface area contributed by atoms with Gasteiger partial charge in [0.05, 0.1) is 0 Å². The van der Waals surface area contributed by atoms with Crippen molar-refractivity contribution in [3.8, 4) is 0 Å². The monoisotopic (exact) mass is 464 g/mol. The number of ketones is 1. The van der Waals surface area contributed by atoms with Crippen molar-refractivity contribution in [1.82, 2.24) is 0 Å². The van der Waals surface area contributed by atoms with Crippen LogP contribution in [0.4, 0.5) is 0 Å². The van der Waals surface area contributed by atoms with E-state index in [4.69, 9.17) is 25.8 Å². The van der Waals surface area contributed by atoms with E-state index in [1.54, 1.807) is 0 Å². The highest BCUT2D eigenvalue weighted by molar-refractivity contribution is 6.32. The Bertz CT molecular complexity index is 967. The molecule has 1 aliphatic heterocycles. The molecule has 0 N–H and O–H groups in total. The SMILES string of the molecule is CC(=O)OC1C[C@H]2[C@@H]3C=C(Cl)C4=CC(=O)OC[C@]4(C)[C@H]3CC[C@]2(C)[C@@]1(OC(C)=O)C(C)=O. The fraction of sp³-hybridized carbons (Fsp3) is 0.667. The minimum atomic E-state index is -1.56. The van der Waals surface area contributed by atoms with Gasteiger partial charge in [-0.1, -0.05) is 31.5 Å². The van der Waals surface area contributed by atoms with Crippen molar-refractivity contribution in [2.45, 2.75) is 65.6 Å². The predicted molar refractivity (Wildman–Crippen MR) is 114 cm³/mol. The van der Waals surface area contributed by atoms with Crippen molar-refractivity contribution in [2.24, 2.45) is 28.6 Å². The van der Waals surface area contributed by atoms with Gasteiger partial charge in [0.25, 0.3) is 0 Å². The van der Waals surface area contributed by atoms with E-state index in [-0.39, 0.29) is 30.1 Å². The lowest BCUT2D eigenvalue weighted by atomic mass is 9.49. The number of rotatable bonds is 3. The zero-order valence-electron chi connectivity index (χ0n) is 19.0. The summed E-state index contributed by atoms with van der Waals surface area (Å²) in [6.45, 7) is 8.20. The Kier molecular flexibility index (Phi) is 5.35. The predicted octanol–water partition coefficient (Wildman–Crippen LogP) is 3.49. The summed E-state index contributed by atoms with van der Waals surface area (Å²) in [5.74, 6) is -1.92.